The fourth-order valence-corrected chi connectivity index (χ4v) is 7.35. The fraction of sp³-hybridized carbons (Fsp3) is 0.469. The van der Waals surface area contributed by atoms with Crippen LogP contribution in [0.1, 0.15) is 47.2 Å². The Kier molecular flexibility index (Phi) is 6.71. The molecular weight excluding hydrogens is 567 g/mol. The number of nitrogens with zero attached hydrogens (tertiary/aromatic N) is 5. The minimum absolute atomic E-state index is 0.0449. The number of halogens is 1. The summed E-state index contributed by atoms with van der Waals surface area (Å²) in [6.07, 6.45) is 4.31. The van der Waals surface area contributed by atoms with Crippen molar-refractivity contribution >= 4 is 34.6 Å². The molecule has 1 aromatic heterocycles. The van der Waals surface area contributed by atoms with Gasteiger partial charge in [-0.05, 0) is 60.7 Å². The Morgan fingerprint density at radius 1 is 1.07 bits per heavy atom. The molecule has 228 valence electrons. The lowest BCUT2D eigenvalue weighted by Crippen LogP contribution is -2.52. The van der Waals surface area contributed by atoms with E-state index < -0.39 is 11.9 Å². The monoisotopic (exact) mass is 600 g/mol. The first kappa shape index (κ1) is 27.4. The van der Waals surface area contributed by atoms with Crippen LogP contribution >= 0.6 is 0 Å². The quantitative estimate of drug-likeness (QED) is 0.426. The number of likely N-dealkylation sites (tertiary alicyclic amines) is 1. The summed E-state index contributed by atoms with van der Waals surface area (Å²) in [6, 6.07) is 8.30. The number of amides is 3. The third-order valence-electron chi connectivity index (χ3n) is 9.60. The predicted octanol–water partition coefficient (Wildman–Crippen LogP) is 2.41. The lowest BCUT2D eigenvalue weighted by atomic mass is 10.0. The van der Waals surface area contributed by atoms with Crippen LogP contribution in [-0.2, 0) is 27.4 Å². The molecule has 3 aromatic rings. The highest BCUT2D eigenvalue weighted by atomic mass is 19.1. The molecule has 5 aliphatic rings. The first-order valence-electron chi connectivity index (χ1n) is 15.4. The Hall–Kier alpha value is -4.16. The molecule has 5 aliphatic heterocycles. The number of nitrogens with one attached hydrogen (secondary N) is 1. The van der Waals surface area contributed by atoms with Gasteiger partial charge in [0.15, 0.2) is 0 Å². The smallest absolute Gasteiger partial charge is 0.255 e. The van der Waals surface area contributed by atoms with Crippen LogP contribution in [0, 0.1) is 11.7 Å². The van der Waals surface area contributed by atoms with E-state index in [1.807, 2.05) is 12.1 Å². The van der Waals surface area contributed by atoms with E-state index in [1.54, 1.807) is 24.4 Å². The van der Waals surface area contributed by atoms with E-state index in [0.717, 1.165) is 50.2 Å². The molecule has 0 saturated carbocycles. The van der Waals surface area contributed by atoms with Crippen molar-refractivity contribution in [2.75, 3.05) is 37.7 Å². The first-order chi connectivity index (χ1) is 21.4. The third kappa shape index (κ3) is 4.95. The molecule has 0 unspecified atom stereocenters. The first-order valence-corrected chi connectivity index (χ1v) is 15.4. The van der Waals surface area contributed by atoms with Crippen molar-refractivity contribution in [2.24, 2.45) is 5.92 Å². The van der Waals surface area contributed by atoms with Gasteiger partial charge in [0.05, 0.1) is 6.10 Å². The molecule has 4 atom stereocenters. The Bertz CT molecular complexity index is 1670. The van der Waals surface area contributed by atoms with Gasteiger partial charge in [0.25, 0.3) is 5.91 Å². The van der Waals surface area contributed by atoms with Crippen LogP contribution in [0.3, 0.4) is 0 Å². The number of fused-ring (bicyclic) bond motifs is 3. The molecule has 0 bridgehead atoms. The summed E-state index contributed by atoms with van der Waals surface area (Å²) in [7, 11) is 0. The maximum Gasteiger partial charge on any atom is 0.255 e. The number of ether oxygens (including phenoxy) is 2. The summed E-state index contributed by atoms with van der Waals surface area (Å²) in [5.74, 6) is 0.451. The highest BCUT2D eigenvalue weighted by Crippen LogP contribution is 2.33. The number of carbonyl (C=O) groups excluding carboxylic acids is 3. The maximum absolute atomic E-state index is 15.3. The van der Waals surface area contributed by atoms with Crippen LogP contribution in [0.4, 0.5) is 10.3 Å². The standard InChI is InChI=1S/C32H33FN6O5/c33-25-10-18(9-20-12-34-32(36-29(20)25)38-14-19-6-8-43-27(19)17-38)13-37-7-5-23(16-37)44-22-1-2-24-21(11-22)15-39(31(24)42)26-3-4-28(40)35-30(26)41/h1-2,9-12,19,23,26-27H,3-8,13-17H2,(H,35,40,41)/t19-,23+,26+,27+/m1/s1. The molecule has 12 heteroatoms. The second kappa shape index (κ2) is 10.8. The Morgan fingerprint density at radius 3 is 2.84 bits per heavy atom. The Balaban J connectivity index is 0.894. The minimum atomic E-state index is -0.645. The number of aromatic nitrogens is 2. The van der Waals surface area contributed by atoms with Crippen molar-refractivity contribution in [3.05, 3.63) is 59.0 Å². The topological polar surface area (TPSA) is 117 Å². The largest absolute Gasteiger partial charge is 0.489 e. The molecule has 0 radical (unpaired) electrons. The van der Waals surface area contributed by atoms with Crippen LogP contribution in [0.25, 0.3) is 10.9 Å². The lowest BCUT2D eigenvalue weighted by molar-refractivity contribution is -0.136. The third-order valence-corrected chi connectivity index (χ3v) is 9.60. The van der Waals surface area contributed by atoms with E-state index in [-0.39, 0.29) is 36.3 Å². The molecule has 6 heterocycles. The van der Waals surface area contributed by atoms with E-state index >= 15 is 4.39 Å². The van der Waals surface area contributed by atoms with Crippen LogP contribution in [0.15, 0.2) is 36.5 Å². The average molecular weight is 601 g/mol. The Labute approximate surface area is 253 Å². The number of imide groups is 1. The summed E-state index contributed by atoms with van der Waals surface area (Å²) in [4.78, 5) is 51.9. The zero-order chi connectivity index (χ0) is 29.9. The van der Waals surface area contributed by atoms with Gasteiger partial charge < -0.3 is 19.3 Å². The van der Waals surface area contributed by atoms with E-state index in [0.29, 0.717) is 60.1 Å². The van der Waals surface area contributed by atoms with E-state index in [9.17, 15) is 14.4 Å². The normalized spacial score (nSPS) is 26.9. The van der Waals surface area contributed by atoms with Crippen molar-refractivity contribution in [3.63, 3.8) is 0 Å². The summed E-state index contributed by atoms with van der Waals surface area (Å²) < 4.78 is 27.4. The molecule has 2 aromatic carbocycles. The molecule has 4 saturated heterocycles. The summed E-state index contributed by atoms with van der Waals surface area (Å²) in [5, 5.41) is 3.02. The summed E-state index contributed by atoms with van der Waals surface area (Å²) in [6.45, 7) is 4.80. The van der Waals surface area contributed by atoms with Gasteiger partial charge in [-0.2, -0.15) is 0 Å². The molecule has 0 spiro atoms. The van der Waals surface area contributed by atoms with E-state index in [1.165, 1.54) is 4.90 Å². The number of piperidine rings is 1. The highest BCUT2D eigenvalue weighted by molar-refractivity contribution is 6.05. The summed E-state index contributed by atoms with van der Waals surface area (Å²) >= 11 is 0. The molecular formula is C32H33FN6O5. The van der Waals surface area contributed by atoms with E-state index in [2.05, 4.69) is 25.1 Å². The zero-order valence-electron chi connectivity index (χ0n) is 24.2. The van der Waals surface area contributed by atoms with E-state index in [4.69, 9.17) is 9.47 Å². The van der Waals surface area contributed by atoms with Crippen molar-refractivity contribution < 1.29 is 28.2 Å². The van der Waals surface area contributed by atoms with Crippen LogP contribution in [0.2, 0.25) is 0 Å². The number of hydrogen-bond acceptors (Lipinski definition) is 9. The van der Waals surface area contributed by atoms with Gasteiger partial charge in [0.1, 0.15) is 29.2 Å². The van der Waals surface area contributed by atoms with Crippen molar-refractivity contribution in [1.82, 2.24) is 25.1 Å². The number of rotatable bonds is 6. The maximum atomic E-state index is 15.3. The van der Waals surface area contributed by atoms with Gasteiger partial charge in [-0.15, -0.1) is 0 Å². The second-order valence-electron chi connectivity index (χ2n) is 12.5. The Morgan fingerprint density at radius 2 is 1.98 bits per heavy atom. The molecule has 8 rings (SSSR count). The van der Waals surface area contributed by atoms with Crippen molar-refractivity contribution in [1.29, 1.82) is 0 Å². The number of hydrogen-bond donors (Lipinski definition) is 1. The zero-order valence-corrected chi connectivity index (χ0v) is 24.2. The van der Waals surface area contributed by atoms with Crippen molar-refractivity contribution in [2.45, 2.75) is 57.0 Å². The highest BCUT2D eigenvalue weighted by Gasteiger charge is 2.40. The molecule has 3 amide bonds. The van der Waals surface area contributed by atoms with Gasteiger partial charge in [0, 0.05) is 75.4 Å². The second-order valence-corrected chi connectivity index (χ2v) is 12.5. The molecule has 11 nitrogen and oxygen atoms in total. The molecule has 44 heavy (non-hydrogen) atoms. The van der Waals surface area contributed by atoms with Gasteiger partial charge in [0.2, 0.25) is 17.8 Å². The SMILES string of the molecule is O=C1CC[C@H](N2Cc3cc(O[C@H]4CCN(Cc5cc(F)c6nc(N7C[C@H]8CCO[C@H]8C7)ncc6c5)C4)ccc3C2=O)C(=O)N1. The van der Waals surface area contributed by atoms with Gasteiger partial charge in [-0.1, -0.05) is 0 Å². The molecule has 1 N–H and O–H groups in total. The van der Waals surface area contributed by atoms with Crippen LogP contribution < -0.4 is 15.0 Å². The predicted molar refractivity (Wildman–Crippen MR) is 156 cm³/mol. The van der Waals surface area contributed by atoms with Gasteiger partial charge >= 0.3 is 0 Å². The lowest BCUT2D eigenvalue weighted by Gasteiger charge is -2.29. The molecule has 4 fully saturated rings. The average Bonchev–Trinajstić information content (AvgIpc) is 3.78. The summed E-state index contributed by atoms with van der Waals surface area (Å²) in [5.41, 5.74) is 2.57. The number of carbonyl (C=O) groups is 3. The van der Waals surface area contributed by atoms with Crippen LogP contribution in [-0.4, -0.2) is 88.5 Å². The van der Waals surface area contributed by atoms with Crippen LogP contribution in [0.5, 0.6) is 5.75 Å². The minimum Gasteiger partial charge on any atom is -0.489 e. The van der Waals surface area contributed by atoms with Crippen molar-refractivity contribution in [3.8, 4) is 5.75 Å². The number of anilines is 1. The number of benzene rings is 2. The van der Waals surface area contributed by atoms with Gasteiger partial charge in [-0.3, -0.25) is 24.6 Å². The van der Waals surface area contributed by atoms with Gasteiger partial charge in [-0.25, -0.2) is 14.4 Å². The molecule has 0 aliphatic carbocycles. The fourth-order valence-electron chi connectivity index (χ4n) is 7.35.